The molecule has 0 bridgehead atoms. The first-order valence-electron chi connectivity index (χ1n) is 8.55. The molecule has 0 spiro atoms. The van der Waals surface area contributed by atoms with Crippen LogP contribution in [0.25, 0.3) is 6.08 Å². The first kappa shape index (κ1) is 19.6. The van der Waals surface area contributed by atoms with Crippen LogP contribution in [0.3, 0.4) is 0 Å². The van der Waals surface area contributed by atoms with Gasteiger partial charge in [-0.25, -0.2) is 8.78 Å². The van der Waals surface area contributed by atoms with Gasteiger partial charge in [0.1, 0.15) is 5.75 Å². The van der Waals surface area contributed by atoms with Crippen molar-refractivity contribution in [3.63, 3.8) is 0 Å². The summed E-state index contributed by atoms with van der Waals surface area (Å²) in [4.78, 5) is 13.8. The Hall–Kier alpha value is -2.69. The molecule has 0 saturated carbocycles. The van der Waals surface area contributed by atoms with Crippen molar-refractivity contribution in [3.05, 3.63) is 71.3 Å². The topological polar surface area (TPSA) is 29.5 Å². The van der Waals surface area contributed by atoms with Crippen LogP contribution in [0.2, 0.25) is 0 Å². The second-order valence-electron chi connectivity index (χ2n) is 6.05. The van der Waals surface area contributed by atoms with Gasteiger partial charge in [0.15, 0.2) is 11.6 Å². The van der Waals surface area contributed by atoms with Crippen molar-refractivity contribution in [1.82, 2.24) is 4.90 Å². The third-order valence-electron chi connectivity index (χ3n) is 4.13. The van der Waals surface area contributed by atoms with Gasteiger partial charge in [-0.15, -0.1) is 0 Å². The molecule has 0 aromatic heterocycles. The van der Waals surface area contributed by atoms with E-state index in [0.29, 0.717) is 12.2 Å². The number of amides is 1. The Morgan fingerprint density at radius 1 is 1.15 bits per heavy atom. The third kappa shape index (κ3) is 5.15. The van der Waals surface area contributed by atoms with Gasteiger partial charge in [-0.05, 0) is 54.8 Å². The van der Waals surface area contributed by atoms with Crippen molar-refractivity contribution in [2.24, 2.45) is 0 Å². The minimum atomic E-state index is -0.920. The highest BCUT2D eigenvalue weighted by Gasteiger charge is 2.17. The van der Waals surface area contributed by atoms with Gasteiger partial charge in [0.25, 0.3) is 0 Å². The van der Waals surface area contributed by atoms with E-state index >= 15 is 0 Å². The van der Waals surface area contributed by atoms with Crippen molar-refractivity contribution >= 4 is 12.0 Å². The Kier molecular flexibility index (Phi) is 6.89. The molecule has 5 heteroatoms. The molecule has 3 nitrogen and oxygen atoms in total. The summed E-state index contributed by atoms with van der Waals surface area (Å²) in [6.45, 7) is 4.47. The molecule has 1 unspecified atom stereocenters. The molecule has 0 saturated heterocycles. The first-order chi connectivity index (χ1) is 12.4. The summed E-state index contributed by atoms with van der Waals surface area (Å²) < 4.78 is 31.9. The van der Waals surface area contributed by atoms with E-state index in [0.717, 1.165) is 29.9 Å². The number of carbonyl (C=O) groups is 1. The second-order valence-corrected chi connectivity index (χ2v) is 6.05. The standard InChI is InChI=1S/C21H23F2NO2/c1-4-13-26-18-9-5-16(6-10-18)7-12-21(25)24(3)15(2)17-8-11-19(22)20(23)14-17/h5-12,14-15H,4,13H2,1-3H3/b12-7+. The zero-order valence-electron chi connectivity index (χ0n) is 15.2. The summed E-state index contributed by atoms with van der Waals surface area (Å²) in [5.41, 5.74) is 1.40. The molecule has 0 N–H and O–H groups in total. The van der Waals surface area contributed by atoms with Crippen molar-refractivity contribution in [2.75, 3.05) is 13.7 Å². The number of hydrogen-bond acceptors (Lipinski definition) is 2. The van der Waals surface area contributed by atoms with Gasteiger partial charge in [0.2, 0.25) is 5.91 Å². The molecule has 1 atom stereocenters. The predicted molar refractivity (Wildman–Crippen MR) is 98.8 cm³/mol. The average molecular weight is 359 g/mol. The Bertz CT molecular complexity index is 772. The van der Waals surface area contributed by atoms with Gasteiger partial charge in [0, 0.05) is 13.1 Å². The molecule has 138 valence electrons. The molecule has 2 aromatic rings. The monoisotopic (exact) mass is 359 g/mol. The van der Waals surface area contributed by atoms with Gasteiger partial charge in [-0.1, -0.05) is 25.1 Å². The second kappa shape index (κ2) is 9.13. The lowest BCUT2D eigenvalue weighted by Gasteiger charge is -2.24. The normalized spacial score (nSPS) is 12.2. The molecule has 0 radical (unpaired) electrons. The lowest BCUT2D eigenvalue weighted by Crippen LogP contribution is -2.28. The van der Waals surface area contributed by atoms with Crippen LogP contribution in [-0.2, 0) is 4.79 Å². The number of hydrogen-bond donors (Lipinski definition) is 0. The van der Waals surface area contributed by atoms with Crippen LogP contribution in [0.15, 0.2) is 48.5 Å². The molecule has 1 amide bonds. The van der Waals surface area contributed by atoms with Crippen molar-refractivity contribution in [2.45, 2.75) is 26.3 Å². The largest absolute Gasteiger partial charge is 0.494 e. The lowest BCUT2D eigenvalue weighted by atomic mass is 10.1. The molecule has 0 heterocycles. The van der Waals surface area contributed by atoms with Gasteiger partial charge in [-0.2, -0.15) is 0 Å². The van der Waals surface area contributed by atoms with Crippen LogP contribution in [0.5, 0.6) is 5.75 Å². The van der Waals surface area contributed by atoms with Crippen LogP contribution in [0.4, 0.5) is 8.78 Å². The van der Waals surface area contributed by atoms with E-state index in [1.165, 1.54) is 17.0 Å². The van der Waals surface area contributed by atoms with Gasteiger partial charge in [-0.3, -0.25) is 4.79 Å². The summed E-state index contributed by atoms with van der Waals surface area (Å²) in [6, 6.07) is 10.7. The van der Waals surface area contributed by atoms with Crippen LogP contribution in [0, 0.1) is 11.6 Å². The van der Waals surface area contributed by atoms with E-state index in [-0.39, 0.29) is 11.9 Å². The quantitative estimate of drug-likeness (QED) is 0.652. The molecular formula is C21H23F2NO2. The number of nitrogens with zero attached hydrogens (tertiary/aromatic N) is 1. The van der Waals surface area contributed by atoms with Crippen molar-refractivity contribution in [3.8, 4) is 5.75 Å². The lowest BCUT2D eigenvalue weighted by molar-refractivity contribution is -0.126. The molecular weight excluding hydrogens is 336 g/mol. The maximum Gasteiger partial charge on any atom is 0.246 e. The van der Waals surface area contributed by atoms with E-state index < -0.39 is 11.6 Å². The summed E-state index contributed by atoms with van der Waals surface area (Å²) >= 11 is 0. The van der Waals surface area contributed by atoms with E-state index in [1.54, 1.807) is 20.0 Å². The van der Waals surface area contributed by atoms with E-state index in [1.807, 2.05) is 31.2 Å². The fourth-order valence-electron chi connectivity index (χ4n) is 2.37. The van der Waals surface area contributed by atoms with E-state index in [4.69, 9.17) is 4.74 Å². The number of carbonyl (C=O) groups excluding carboxylic acids is 1. The van der Waals surface area contributed by atoms with E-state index in [2.05, 4.69) is 0 Å². The Balaban J connectivity index is 2.01. The predicted octanol–water partition coefficient (Wildman–Crippen LogP) is 4.99. The summed E-state index contributed by atoms with van der Waals surface area (Å²) in [5.74, 6) is -1.26. The summed E-state index contributed by atoms with van der Waals surface area (Å²) in [5, 5.41) is 0. The smallest absolute Gasteiger partial charge is 0.246 e. The molecule has 0 aliphatic carbocycles. The zero-order valence-corrected chi connectivity index (χ0v) is 15.2. The molecule has 2 rings (SSSR count). The number of likely N-dealkylation sites (N-methyl/N-ethyl adjacent to an activating group) is 1. The number of halogens is 2. The third-order valence-corrected chi connectivity index (χ3v) is 4.13. The van der Waals surface area contributed by atoms with Gasteiger partial charge >= 0.3 is 0 Å². The number of benzene rings is 2. The minimum Gasteiger partial charge on any atom is -0.494 e. The van der Waals surface area contributed by atoms with Gasteiger partial charge < -0.3 is 9.64 Å². The molecule has 2 aromatic carbocycles. The molecule has 0 aliphatic heterocycles. The van der Waals surface area contributed by atoms with Crippen LogP contribution >= 0.6 is 0 Å². The number of rotatable bonds is 7. The summed E-state index contributed by atoms with van der Waals surface area (Å²) in [7, 11) is 1.63. The van der Waals surface area contributed by atoms with Crippen LogP contribution in [-0.4, -0.2) is 24.5 Å². The fourth-order valence-corrected chi connectivity index (χ4v) is 2.37. The maximum atomic E-state index is 13.4. The number of ether oxygens (including phenoxy) is 1. The summed E-state index contributed by atoms with van der Waals surface area (Å²) in [6.07, 6.45) is 4.11. The van der Waals surface area contributed by atoms with Crippen LogP contribution in [0.1, 0.15) is 37.4 Å². The zero-order chi connectivity index (χ0) is 19.1. The first-order valence-corrected chi connectivity index (χ1v) is 8.55. The van der Waals surface area contributed by atoms with E-state index in [9.17, 15) is 13.6 Å². The van der Waals surface area contributed by atoms with Crippen molar-refractivity contribution < 1.29 is 18.3 Å². The molecule has 0 fully saturated rings. The highest BCUT2D eigenvalue weighted by Crippen LogP contribution is 2.21. The highest BCUT2D eigenvalue weighted by molar-refractivity contribution is 5.91. The minimum absolute atomic E-state index is 0.228. The molecule has 0 aliphatic rings. The fraction of sp³-hybridized carbons (Fsp3) is 0.286. The Labute approximate surface area is 152 Å². The SMILES string of the molecule is CCCOc1ccc(/C=C/C(=O)N(C)C(C)c2ccc(F)c(F)c2)cc1. The highest BCUT2D eigenvalue weighted by atomic mass is 19.2. The average Bonchev–Trinajstić information content (AvgIpc) is 2.66. The Morgan fingerprint density at radius 2 is 1.85 bits per heavy atom. The maximum absolute atomic E-state index is 13.4. The van der Waals surface area contributed by atoms with Crippen LogP contribution < -0.4 is 4.74 Å². The molecule has 26 heavy (non-hydrogen) atoms. The Morgan fingerprint density at radius 3 is 2.46 bits per heavy atom. The van der Waals surface area contributed by atoms with Gasteiger partial charge in [0.05, 0.1) is 12.6 Å². The van der Waals surface area contributed by atoms with Crippen molar-refractivity contribution in [1.29, 1.82) is 0 Å².